The lowest BCUT2D eigenvalue weighted by Crippen LogP contribution is -2.45. The molecule has 0 radical (unpaired) electrons. The van der Waals surface area contributed by atoms with Crippen molar-refractivity contribution in [3.8, 4) is 0 Å². The molecule has 4 rings (SSSR count). The summed E-state index contributed by atoms with van der Waals surface area (Å²) >= 11 is 0. The first-order valence-corrected chi connectivity index (χ1v) is 11.5. The smallest absolute Gasteiger partial charge is 0.123 e. The Labute approximate surface area is 196 Å². The molecule has 2 aromatic carbocycles. The van der Waals surface area contributed by atoms with Crippen LogP contribution in [0.4, 0.5) is 4.39 Å². The van der Waals surface area contributed by atoms with Crippen LogP contribution in [0.2, 0.25) is 0 Å². The Morgan fingerprint density at radius 1 is 0.788 bits per heavy atom. The van der Waals surface area contributed by atoms with Gasteiger partial charge in [0.25, 0.3) is 0 Å². The molecular formula is C28H33FN4. The van der Waals surface area contributed by atoms with Gasteiger partial charge in [-0.2, -0.15) is 0 Å². The van der Waals surface area contributed by atoms with Gasteiger partial charge in [-0.1, -0.05) is 71.0 Å². The third kappa shape index (κ3) is 4.92. The number of rotatable bonds is 5. The summed E-state index contributed by atoms with van der Waals surface area (Å²) in [5, 5.41) is 6.94. The van der Waals surface area contributed by atoms with E-state index in [9.17, 15) is 4.39 Å². The van der Waals surface area contributed by atoms with Crippen LogP contribution >= 0.6 is 0 Å². The molecule has 2 aromatic rings. The van der Waals surface area contributed by atoms with E-state index in [0.717, 1.165) is 17.6 Å². The van der Waals surface area contributed by atoms with Crippen molar-refractivity contribution in [3.63, 3.8) is 0 Å². The largest absolute Gasteiger partial charge is 0.369 e. The molecule has 2 aliphatic heterocycles. The highest BCUT2D eigenvalue weighted by molar-refractivity contribution is 5.79. The van der Waals surface area contributed by atoms with Gasteiger partial charge in [-0.05, 0) is 46.1 Å². The fraction of sp³-hybridized carbons (Fsp3) is 0.357. The number of hydrogen-bond acceptors (Lipinski definition) is 4. The van der Waals surface area contributed by atoms with E-state index in [-0.39, 0.29) is 28.7 Å². The number of aliphatic imine (C=N–C) groups is 2. The Morgan fingerprint density at radius 3 is 2.06 bits per heavy atom. The molecule has 172 valence electrons. The fourth-order valence-corrected chi connectivity index (χ4v) is 4.82. The zero-order valence-electron chi connectivity index (χ0n) is 20.1. The van der Waals surface area contributed by atoms with E-state index in [1.54, 1.807) is 12.7 Å². The minimum Gasteiger partial charge on any atom is -0.369 e. The van der Waals surface area contributed by atoms with Crippen LogP contribution in [-0.4, -0.2) is 24.8 Å². The fourth-order valence-electron chi connectivity index (χ4n) is 4.82. The van der Waals surface area contributed by atoms with Crippen LogP contribution < -0.4 is 10.6 Å². The predicted molar refractivity (Wildman–Crippen MR) is 137 cm³/mol. The average molecular weight is 445 g/mol. The molecule has 33 heavy (non-hydrogen) atoms. The standard InChI is InChI=1S/C28H33FN4/c1-27(2,3)25-24(16-31-17-32-25)22-9-7-6-8-20(22)14-28(4,5)26-23(15-30-18-33-26)19-10-12-21(29)13-11-19/h6-13,15-18,25-26H,14H2,1-5H3,(H,30,33)(H,31,32)/t25?,26-/m1/s1. The monoisotopic (exact) mass is 444 g/mol. The van der Waals surface area contributed by atoms with E-state index in [2.05, 4.69) is 79.5 Å². The zero-order valence-corrected chi connectivity index (χ0v) is 20.1. The molecule has 2 aliphatic rings. The summed E-state index contributed by atoms with van der Waals surface area (Å²) < 4.78 is 13.5. The van der Waals surface area contributed by atoms with Gasteiger partial charge >= 0.3 is 0 Å². The summed E-state index contributed by atoms with van der Waals surface area (Å²) in [7, 11) is 0. The first-order valence-electron chi connectivity index (χ1n) is 11.5. The van der Waals surface area contributed by atoms with Crippen LogP contribution in [0.1, 0.15) is 51.3 Å². The van der Waals surface area contributed by atoms with Crippen molar-refractivity contribution >= 4 is 23.8 Å². The molecule has 0 amide bonds. The van der Waals surface area contributed by atoms with E-state index < -0.39 is 0 Å². The van der Waals surface area contributed by atoms with Gasteiger partial charge in [-0.15, -0.1) is 0 Å². The molecule has 0 aromatic heterocycles. The maximum atomic E-state index is 13.5. The second kappa shape index (κ2) is 8.97. The van der Waals surface area contributed by atoms with Gasteiger partial charge < -0.3 is 10.6 Å². The molecule has 0 saturated heterocycles. The second-order valence-electron chi connectivity index (χ2n) is 10.6. The molecule has 0 fully saturated rings. The maximum absolute atomic E-state index is 13.5. The van der Waals surface area contributed by atoms with Crippen LogP contribution in [0, 0.1) is 16.6 Å². The highest BCUT2D eigenvalue weighted by Gasteiger charge is 2.36. The third-order valence-corrected chi connectivity index (χ3v) is 6.48. The normalized spacial score (nSPS) is 20.5. The van der Waals surface area contributed by atoms with Crippen molar-refractivity contribution in [3.05, 3.63) is 83.4 Å². The van der Waals surface area contributed by atoms with Crippen molar-refractivity contribution in [2.24, 2.45) is 20.8 Å². The van der Waals surface area contributed by atoms with Gasteiger partial charge in [0.05, 0.1) is 24.8 Å². The molecule has 1 unspecified atom stereocenters. The quantitative estimate of drug-likeness (QED) is 0.610. The van der Waals surface area contributed by atoms with Crippen LogP contribution in [0.15, 0.2) is 70.9 Å². The summed E-state index contributed by atoms with van der Waals surface area (Å²) in [6.07, 6.45) is 8.28. The van der Waals surface area contributed by atoms with Crippen molar-refractivity contribution in [1.82, 2.24) is 10.6 Å². The maximum Gasteiger partial charge on any atom is 0.123 e. The number of halogens is 1. The number of nitrogens with one attached hydrogen (secondary N) is 2. The Kier molecular flexibility index (Phi) is 6.24. The first-order chi connectivity index (χ1) is 15.7. The van der Waals surface area contributed by atoms with Crippen LogP contribution in [0.25, 0.3) is 11.1 Å². The highest BCUT2D eigenvalue weighted by Crippen LogP contribution is 2.39. The SMILES string of the molecule is CC(C)(C)C1NC=NC=C1c1ccccc1CC(C)(C)[C@@H]1NC=NC=C1c1ccc(F)cc1. The second-order valence-corrected chi connectivity index (χ2v) is 10.6. The van der Waals surface area contributed by atoms with Gasteiger partial charge in [-0.3, -0.25) is 0 Å². The van der Waals surface area contributed by atoms with Gasteiger partial charge in [0.2, 0.25) is 0 Å². The Morgan fingerprint density at radius 2 is 1.39 bits per heavy atom. The van der Waals surface area contributed by atoms with Gasteiger partial charge in [-0.25, -0.2) is 14.4 Å². The molecule has 0 saturated carbocycles. The zero-order chi connectivity index (χ0) is 23.6. The Bertz CT molecular complexity index is 1120. The van der Waals surface area contributed by atoms with Crippen molar-refractivity contribution < 1.29 is 4.39 Å². The molecule has 5 heteroatoms. The van der Waals surface area contributed by atoms with E-state index in [1.165, 1.54) is 28.8 Å². The predicted octanol–water partition coefficient (Wildman–Crippen LogP) is 5.82. The van der Waals surface area contributed by atoms with Crippen LogP contribution in [0.3, 0.4) is 0 Å². The molecular weight excluding hydrogens is 411 g/mol. The molecule has 0 bridgehead atoms. The number of benzene rings is 2. The van der Waals surface area contributed by atoms with E-state index >= 15 is 0 Å². The summed E-state index contributed by atoms with van der Waals surface area (Å²) in [4.78, 5) is 8.75. The summed E-state index contributed by atoms with van der Waals surface area (Å²) in [5.41, 5.74) is 5.66. The lowest BCUT2D eigenvalue weighted by molar-refractivity contribution is 0.310. The summed E-state index contributed by atoms with van der Waals surface area (Å²) in [6, 6.07) is 15.5. The molecule has 2 heterocycles. The third-order valence-electron chi connectivity index (χ3n) is 6.48. The van der Waals surface area contributed by atoms with E-state index in [0.29, 0.717) is 0 Å². The molecule has 0 aliphatic carbocycles. The van der Waals surface area contributed by atoms with Crippen molar-refractivity contribution in [1.29, 1.82) is 0 Å². The van der Waals surface area contributed by atoms with Crippen LogP contribution in [-0.2, 0) is 6.42 Å². The summed E-state index contributed by atoms with van der Waals surface area (Å²) in [6.45, 7) is 11.3. The minimum atomic E-state index is -0.234. The lowest BCUT2D eigenvalue weighted by atomic mass is 9.72. The molecule has 4 nitrogen and oxygen atoms in total. The highest BCUT2D eigenvalue weighted by atomic mass is 19.1. The van der Waals surface area contributed by atoms with Crippen molar-refractivity contribution in [2.75, 3.05) is 0 Å². The minimum absolute atomic E-state index is 0.0309. The van der Waals surface area contributed by atoms with Gasteiger partial charge in [0, 0.05) is 23.5 Å². The van der Waals surface area contributed by atoms with Gasteiger partial charge in [0.1, 0.15) is 5.82 Å². The van der Waals surface area contributed by atoms with Gasteiger partial charge in [0.15, 0.2) is 0 Å². The molecule has 2 N–H and O–H groups in total. The summed E-state index contributed by atoms with van der Waals surface area (Å²) in [5.74, 6) is -0.234. The number of hydrogen-bond donors (Lipinski definition) is 2. The van der Waals surface area contributed by atoms with E-state index in [4.69, 9.17) is 0 Å². The number of nitrogens with zero attached hydrogens (tertiary/aromatic N) is 2. The lowest BCUT2D eigenvalue weighted by Gasteiger charge is -2.39. The average Bonchev–Trinajstić information content (AvgIpc) is 2.79. The Balaban J connectivity index is 1.67. The molecule has 0 spiro atoms. The van der Waals surface area contributed by atoms with E-state index in [1.807, 2.05) is 24.5 Å². The topological polar surface area (TPSA) is 48.8 Å². The Hall–Kier alpha value is -3.21. The van der Waals surface area contributed by atoms with Crippen molar-refractivity contribution in [2.45, 2.75) is 53.1 Å². The molecule has 2 atom stereocenters. The van der Waals surface area contributed by atoms with Crippen LogP contribution in [0.5, 0.6) is 0 Å². The first kappa shape index (κ1) is 23.0.